The Labute approximate surface area is 139 Å². The van der Waals surface area contributed by atoms with Crippen LogP contribution in [0.3, 0.4) is 0 Å². The fourth-order valence-electron chi connectivity index (χ4n) is 2.78. The van der Waals surface area contributed by atoms with Gasteiger partial charge in [-0.05, 0) is 41.0 Å². The number of rotatable bonds is 9. The Kier molecular flexibility index (Phi) is 8.58. The molecule has 0 aromatic carbocycles. The fourth-order valence-corrected chi connectivity index (χ4v) is 2.78. The van der Waals surface area contributed by atoms with Gasteiger partial charge in [-0.3, -0.25) is 14.6 Å². The van der Waals surface area contributed by atoms with Gasteiger partial charge in [0, 0.05) is 6.04 Å². The minimum absolute atomic E-state index is 0.0712. The number of likely N-dealkylation sites (N-methyl/N-ethyl adjacent to an activating group) is 2. The number of hydrogen-bond donors (Lipinski definition) is 1. The van der Waals surface area contributed by atoms with Gasteiger partial charge in [-0.15, -0.1) is 0 Å². The lowest BCUT2D eigenvalue weighted by molar-refractivity contribution is -0.181. The highest BCUT2D eigenvalue weighted by Gasteiger charge is 2.52. The number of ketones is 1. The van der Waals surface area contributed by atoms with Crippen molar-refractivity contribution in [1.82, 2.24) is 15.1 Å². The number of ether oxygens (including phenoxy) is 1. The lowest BCUT2D eigenvalue weighted by Crippen LogP contribution is -2.68. The highest BCUT2D eigenvalue weighted by Crippen LogP contribution is 2.22. The maximum absolute atomic E-state index is 12.7. The minimum Gasteiger partial charge on any atom is -0.389 e. The molecule has 0 aliphatic rings. The van der Waals surface area contributed by atoms with Gasteiger partial charge in [0.05, 0.1) is 0 Å². The van der Waals surface area contributed by atoms with E-state index in [2.05, 4.69) is 5.32 Å². The maximum atomic E-state index is 12.7. The van der Waals surface area contributed by atoms with Gasteiger partial charge < -0.3 is 10.1 Å². The highest BCUT2D eigenvalue weighted by molar-refractivity contribution is 6.09. The molecular formula is C16H31N3O4. The first kappa shape index (κ1) is 21.7. The molecule has 0 aliphatic heterocycles. The molecule has 2 atom stereocenters. The summed E-state index contributed by atoms with van der Waals surface area (Å²) in [4.78, 5) is 40.4. The Morgan fingerprint density at radius 1 is 1.09 bits per heavy atom. The Morgan fingerprint density at radius 3 is 1.87 bits per heavy atom. The fraction of sp³-hybridized carbons (Fsp3) is 0.812. The quantitative estimate of drug-likeness (QED) is 0.377. The van der Waals surface area contributed by atoms with Crippen LogP contribution in [0.5, 0.6) is 0 Å². The number of Topliss-reactive ketones (excluding diaryl/α,β-unsaturated/α-hetero) is 1. The Morgan fingerprint density at radius 2 is 1.57 bits per heavy atom. The topological polar surface area (TPSA) is 78.9 Å². The molecule has 7 nitrogen and oxygen atoms in total. The van der Waals surface area contributed by atoms with E-state index in [1.54, 1.807) is 25.9 Å². The van der Waals surface area contributed by atoms with Gasteiger partial charge in [-0.25, -0.2) is 9.59 Å². The summed E-state index contributed by atoms with van der Waals surface area (Å²) in [7, 11) is 3.25. The van der Waals surface area contributed by atoms with Crippen LogP contribution in [0.25, 0.3) is 0 Å². The summed E-state index contributed by atoms with van der Waals surface area (Å²) in [6.45, 7) is 11.4. The van der Waals surface area contributed by atoms with E-state index in [9.17, 15) is 14.4 Å². The van der Waals surface area contributed by atoms with E-state index in [1.807, 2.05) is 27.7 Å². The smallest absolute Gasteiger partial charge is 0.357 e. The van der Waals surface area contributed by atoms with Crippen LogP contribution in [0.15, 0.2) is 0 Å². The van der Waals surface area contributed by atoms with E-state index in [0.717, 1.165) is 0 Å². The second-order valence-corrected chi connectivity index (χ2v) is 6.05. The standard InChI is InChI=1S/C16H31N3O4/c1-9-19(10-2)16(13(6)20,18(7)8)15(22)23-14(21)12(5)17-11(3)4/h11-12,17H,9-10H2,1-8H3. The van der Waals surface area contributed by atoms with Crippen LogP contribution in [0.1, 0.15) is 41.5 Å². The zero-order chi connectivity index (χ0) is 18.4. The molecule has 0 bridgehead atoms. The predicted octanol–water partition coefficient (Wildman–Crippen LogP) is 0.631. The summed E-state index contributed by atoms with van der Waals surface area (Å²) < 4.78 is 5.04. The first-order valence-electron chi connectivity index (χ1n) is 8.01. The molecule has 1 N–H and O–H groups in total. The molecule has 0 aliphatic carbocycles. The van der Waals surface area contributed by atoms with Crippen LogP contribution in [0.4, 0.5) is 0 Å². The number of hydrogen-bond acceptors (Lipinski definition) is 7. The minimum atomic E-state index is -1.60. The molecule has 23 heavy (non-hydrogen) atoms. The van der Waals surface area contributed by atoms with Crippen molar-refractivity contribution in [2.45, 2.75) is 59.3 Å². The monoisotopic (exact) mass is 329 g/mol. The molecule has 7 heteroatoms. The average Bonchev–Trinajstić information content (AvgIpc) is 2.42. The Bertz CT molecular complexity index is 433. The highest BCUT2D eigenvalue weighted by atomic mass is 16.6. The third-order valence-electron chi connectivity index (χ3n) is 3.77. The number of nitrogens with one attached hydrogen (secondary N) is 1. The van der Waals surface area contributed by atoms with Crippen molar-refractivity contribution in [3.05, 3.63) is 0 Å². The molecule has 0 aromatic rings. The zero-order valence-electron chi connectivity index (χ0n) is 15.6. The van der Waals surface area contributed by atoms with Crippen LogP contribution in [-0.4, -0.2) is 72.5 Å². The molecule has 0 radical (unpaired) electrons. The molecule has 0 saturated heterocycles. The molecule has 134 valence electrons. The molecule has 0 fully saturated rings. The van der Waals surface area contributed by atoms with E-state index < -0.39 is 23.6 Å². The van der Waals surface area contributed by atoms with Gasteiger partial charge in [-0.2, -0.15) is 0 Å². The molecule has 0 aromatic heterocycles. The average molecular weight is 329 g/mol. The summed E-state index contributed by atoms with van der Waals surface area (Å²) in [5, 5.41) is 2.98. The van der Waals surface area contributed by atoms with Crippen molar-refractivity contribution < 1.29 is 19.1 Å². The first-order valence-corrected chi connectivity index (χ1v) is 8.01. The lowest BCUT2D eigenvalue weighted by Gasteiger charge is -2.43. The summed E-state index contributed by atoms with van der Waals surface area (Å²) in [6, 6.07) is -0.565. The van der Waals surface area contributed by atoms with Crippen molar-refractivity contribution in [1.29, 1.82) is 0 Å². The van der Waals surface area contributed by atoms with Crippen molar-refractivity contribution in [3.63, 3.8) is 0 Å². The van der Waals surface area contributed by atoms with Gasteiger partial charge in [-0.1, -0.05) is 27.7 Å². The van der Waals surface area contributed by atoms with E-state index in [4.69, 9.17) is 4.74 Å². The van der Waals surface area contributed by atoms with Crippen LogP contribution in [0, 0.1) is 0 Å². The molecule has 0 spiro atoms. The van der Waals surface area contributed by atoms with E-state index in [0.29, 0.717) is 13.1 Å². The summed E-state index contributed by atoms with van der Waals surface area (Å²) in [5.74, 6) is -1.93. The molecule has 0 rings (SSSR count). The number of esters is 2. The van der Waals surface area contributed by atoms with E-state index in [1.165, 1.54) is 11.8 Å². The normalized spacial score (nSPS) is 15.6. The third-order valence-corrected chi connectivity index (χ3v) is 3.77. The van der Waals surface area contributed by atoms with E-state index in [-0.39, 0.29) is 11.8 Å². The third kappa shape index (κ3) is 4.83. The molecule has 2 unspecified atom stereocenters. The SMILES string of the molecule is CCN(CC)C(C(C)=O)(C(=O)OC(=O)C(C)NC(C)C)N(C)C. The molecular weight excluding hydrogens is 298 g/mol. The van der Waals surface area contributed by atoms with Gasteiger partial charge in [0.15, 0.2) is 5.78 Å². The molecule has 0 heterocycles. The Hall–Kier alpha value is -1.31. The van der Waals surface area contributed by atoms with Gasteiger partial charge in [0.1, 0.15) is 6.04 Å². The van der Waals surface area contributed by atoms with Crippen LogP contribution < -0.4 is 5.32 Å². The van der Waals surface area contributed by atoms with E-state index >= 15 is 0 Å². The van der Waals surface area contributed by atoms with Gasteiger partial charge in [0.25, 0.3) is 0 Å². The summed E-state index contributed by atoms with van der Waals surface area (Å²) in [5.41, 5.74) is -1.60. The van der Waals surface area contributed by atoms with Crippen LogP contribution in [0.2, 0.25) is 0 Å². The number of carbonyl (C=O) groups excluding carboxylic acids is 3. The predicted molar refractivity (Wildman–Crippen MR) is 88.9 cm³/mol. The zero-order valence-corrected chi connectivity index (χ0v) is 15.6. The summed E-state index contributed by atoms with van der Waals surface area (Å²) in [6.07, 6.45) is 0. The Balaban J connectivity index is 5.54. The van der Waals surface area contributed by atoms with Gasteiger partial charge in [0.2, 0.25) is 5.66 Å². The first-order chi connectivity index (χ1) is 10.5. The van der Waals surface area contributed by atoms with Crippen molar-refractivity contribution >= 4 is 17.7 Å². The molecule has 0 saturated carbocycles. The van der Waals surface area contributed by atoms with Crippen molar-refractivity contribution in [3.8, 4) is 0 Å². The molecule has 0 amide bonds. The number of nitrogens with zero attached hydrogens (tertiary/aromatic N) is 2. The van der Waals surface area contributed by atoms with Crippen molar-refractivity contribution in [2.75, 3.05) is 27.2 Å². The van der Waals surface area contributed by atoms with Crippen molar-refractivity contribution in [2.24, 2.45) is 0 Å². The second-order valence-electron chi connectivity index (χ2n) is 6.05. The summed E-state index contributed by atoms with van der Waals surface area (Å²) >= 11 is 0. The van der Waals surface area contributed by atoms with Crippen LogP contribution in [-0.2, 0) is 19.1 Å². The second kappa shape index (κ2) is 9.10. The largest absolute Gasteiger partial charge is 0.389 e. The maximum Gasteiger partial charge on any atom is 0.357 e. The lowest BCUT2D eigenvalue weighted by atomic mass is 10.0. The van der Waals surface area contributed by atoms with Gasteiger partial charge >= 0.3 is 11.9 Å². The number of carbonyl (C=O) groups is 3. The van der Waals surface area contributed by atoms with Crippen LogP contribution >= 0.6 is 0 Å².